The Hall–Kier alpha value is -2.09. The number of rotatable bonds is 3. The van der Waals surface area contributed by atoms with Crippen molar-refractivity contribution in [2.45, 2.75) is 44.3 Å². The van der Waals surface area contributed by atoms with Gasteiger partial charge in [0.25, 0.3) is 0 Å². The van der Waals surface area contributed by atoms with E-state index in [2.05, 4.69) is 5.32 Å². The second kappa shape index (κ2) is 6.82. The Balaban J connectivity index is 1.92. The monoisotopic (exact) mass is 383 g/mol. The van der Waals surface area contributed by atoms with Gasteiger partial charge in [-0.3, -0.25) is 9.59 Å². The normalized spacial score (nSPS) is 19.9. The molecule has 2 heterocycles. The summed E-state index contributed by atoms with van der Waals surface area (Å²) in [5.41, 5.74) is 1.83. The lowest BCUT2D eigenvalue weighted by Gasteiger charge is -2.34. The van der Waals surface area contributed by atoms with Gasteiger partial charge in [-0.1, -0.05) is 12.1 Å². The molecule has 0 aromatic heterocycles. The van der Waals surface area contributed by atoms with Gasteiger partial charge in [-0.25, -0.2) is 0 Å². The van der Waals surface area contributed by atoms with Crippen LogP contribution in [0, 0.1) is 6.92 Å². The molecule has 2 aliphatic heterocycles. The Labute approximate surface area is 156 Å². The Morgan fingerprint density at radius 2 is 1.96 bits per heavy atom. The summed E-state index contributed by atoms with van der Waals surface area (Å²) in [6, 6.07) is 3.60. The van der Waals surface area contributed by atoms with Crippen molar-refractivity contribution in [3.8, 4) is 0 Å². The maximum absolute atomic E-state index is 13.3. The molecular formula is C19H24F3N3O2. The third-order valence-corrected chi connectivity index (χ3v) is 5.87. The molecule has 148 valence electrons. The van der Waals surface area contributed by atoms with Crippen LogP contribution < -0.4 is 10.2 Å². The van der Waals surface area contributed by atoms with Crippen molar-refractivity contribution in [3.63, 3.8) is 0 Å². The van der Waals surface area contributed by atoms with E-state index in [1.54, 1.807) is 12.1 Å². The van der Waals surface area contributed by atoms with Crippen LogP contribution in [0.2, 0.25) is 0 Å². The first kappa shape index (κ1) is 19.7. The smallest absolute Gasteiger partial charge is 0.332 e. The zero-order valence-electron chi connectivity index (χ0n) is 15.7. The molecule has 0 bridgehead atoms. The summed E-state index contributed by atoms with van der Waals surface area (Å²) in [5.74, 6) is -0.915. The largest absolute Gasteiger partial charge is 0.408 e. The molecule has 0 unspecified atom stereocenters. The minimum Gasteiger partial charge on any atom is -0.332 e. The van der Waals surface area contributed by atoms with Gasteiger partial charge in [0.05, 0.1) is 5.41 Å². The Bertz CT molecular complexity index is 757. The van der Waals surface area contributed by atoms with Gasteiger partial charge in [-0.15, -0.1) is 0 Å². The van der Waals surface area contributed by atoms with Crippen LogP contribution in [0.15, 0.2) is 18.2 Å². The number of anilines is 1. The van der Waals surface area contributed by atoms with Crippen molar-refractivity contribution >= 4 is 17.5 Å². The van der Waals surface area contributed by atoms with Crippen molar-refractivity contribution in [1.82, 2.24) is 10.2 Å². The number of aryl methyl sites for hydroxylation is 1. The predicted octanol–water partition coefficient (Wildman–Crippen LogP) is 2.37. The maximum atomic E-state index is 13.3. The molecule has 27 heavy (non-hydrogen) atoms. The average Bonchev–Trinajstić information content (AvgIpc) is 2.84. The van der Waals surface area contributed by atoms with Crippen molar-refractivity contribution < 1.29 is 22.8 Å². The van der Waals surface area contributed by atoms with Crippen LogP contribution in [-0.2, 0) is 15.0 Å². The highest BCUT2D eigenvalue weighted by Crippen LogP contribution is 2.48. The number of carbonyl (C=O) groups is 2. The molecule has 1 saturated heterocycles. The van der Waals surface area contributed by atoms with Crippen molar-refractivity contribution in [1.29, 1.82) is 0 Å². The topological polar surface area (TPSA) is 52.7 Å². The highest BCUT2D eigenvalue weighted by Gasteiger charge is 2.52. The van der Waals surface area contributed by atoms with Crippen LogP contribution in [0.3, 0.4) is 0 Å². The number of nitrogens with one attached hydrogen (secondary N) is 1. The number of hydrogen-bond donors (Lipinski definition) is 1. The van der Waals surface area contributed by atoms with E-state index in [1.807, 2.05) is 13.0 Å². The van der Waals surface area contributed by atoms with E-state index < -0.39 is 23.5 Å². The number of nitrogens with zero attached hydrogens (tertiary/aromatic N) is 2. The summed E-state index contributed by atoms with van der Waals surface area (Å²) >= 11 is 0. The Kier molecular flexibility index (Phi) is 4.96. The second-order valence-corrected chi connectivity index (χ2v) is 7.41. The molecule has 2 aliphatic rings. The summed E-state index contributed by atoms with van der Waals surface area (Å²) in [7, 11) is 1.12. The fourth-order valence-electron chi connectivity index (χ4n) is 4.13. The van der Waals surface area contributed by atoms with E-state index in [1.165, 1.54) is 4.90 Å². The molecule has 0 radical (unpaired) electrons. The first-order valence-electron chi connectivity index (χ1n) is 9.05. The summed E-state index contributed by atoms with van der Waals surface area (Å²) in [5, 5.41) is 3.24. The SMILES string of the molecule is Cc1cccc2c1C1(CCNCC1)C(=O)N2CC(=O)N(C)[C@@H](C)C(F)(F)F. The number of benzene rings is 1. The number of amides is 2. The van der Waals surface area contributed by atoms with E-state index >= 15 is 0 Å². The Morgan fingerprint density at radius 3 is 2.56 bits per heavy atom. The van der Waals surface area contributed by atoms with Gasteiger partial charge in [-0.05, 0) is 57.0 Å². The number of fused-ring (bicyclic) bond motifs is 2. The molecule has 8 heteroatoms. The highest BCUT2D eigenvalue weighted by atomic mass is 19.4. The van der Waals surface area contributed by atoms with E-state index in [9.17, 15) is 22.8 Å². The summed E-state index contributed by atoms with van der Waals surface area (Å²) in [6.45, 7) is 3.86. The number of halogens is 3. The van der Waals surface area contributed by atoms with Crippen LogP contribution in [0.1, 0.15) is 30.9 Å². The number of piperidine rings is 1. The van der Waals surface area contributed by atoms with Gasteiger partial charge in [0.15, 0.2) is 0 Å². The third kappa shape index (κ3) is 3.20. The summed E-state index contributed by atoms with van der Waals surface area (Å²) < 4.78 is 38.8. The van der Waals surface area contributed by atoms with Crippen LogP contribution in [-0.4, -0.2) is 55.6 Å². The number of carbonyl (C=O) groups excluding carboxylic acids is 2. The number of likely N-dealkylation sites (N-methyl/N-ethyl adjacent to an activating group) is 1. The second-order valence-electron chi connectivity index (χ2n) is 7.41. The van der Waals surface area contributed by atoms with Gasteiger partial charge in [0.1, 0.15) is 12.6 Å². The molecule has 0 saturated carbocycles. The average molecular weight is 383 g/mol. The van der Waals surface area contributed by atoms with Crippen LogP contribution >= 0.6 is 0 Å². The molecule has 1 N–H and O–H groups in total. The summed E-state index contributed by atoms with van der Waals surface area (Å²) in [4.78, 5) is 27.9. The molecular weight excluding hydrogens is 359 g/mol. The third-order valence-electron chi connectivity index (χ3n) is 5.87. The maximum Gasteiger partial charge on any atom is 0.408 e. The van der Waals surface area contributed by atoms with Crippen LogP contribution in [0.4, 0.5) is 18.9 Å². The fourth-order valence-corrected chi connectivity index (χ4v) is 4.13. The van der Waals surface area contributed by atoms with E-state index in [-0.39, 0.29) is 12.5 Å². The molecule has 3 rings (SSSR count). The lowest BCUT2D eigenvalue weighted by atomic mass is 9.72. The van der Waals surface area contributed by atoms with Gasteiger partial charge in [0.2, 0.25) is 11.8 Å². The first-order chi connectivity index (χ1) is 12.6. The Morgan fingerprint density at radius 1 is 1.33 bits per heavy atom. The molecule has 1 atom stereocenters. The van der Waals surface area contributed by atoms with Gasteiger partial charge in [0, 0.05) is 12.7 Å². The van der Waals surface area contributed by atoms with E-state index in [4.69, 9.17) is 0 Å². The fraction of sp³-hybridized carbons (Fsp3) is 0.579. The molecule has 2 amide bonds. The number of hydrogen-bond acceptors (Lipinski definition) is 3. The van der Waals surface area contributed by atoms with Gasteiger partial charge < -0.3 is 15.1 Å². The quantitative estimate of drug-likeness (QED) is 0.872. The minimum atomic E-state index is -4.51. The zero-order valence-corrected chi connectivity index (χ0v) is 15.7. The van der Waals surface area contributed by atoms with Crippen molar-refractivity contribution in [2.24, 2.45) is 0 Å². The lowest BCUT2D eigenvalue weighted by molar-refractivity contribution is -0.181. The van der Waals surface area contributed by atoms with Crippen LogP contribution in [0.25, 0.3) is 0 Å². The molecule has 1 spiro atoms. The summed E-state index contributed by atoms with van der Waals surface area (Å²) in [6.07, 6.45) is -3.28. The van der Waals surface area contributed by atoms with Crippen molar-refractivity contribution in [2.75, 3.05) is 31.6 Å². The predicted molar refractivity (Wildman–Crippen MR) is 95.6 cm³/mol. The molecule has 1 fully saturated rings. The van der Waals surface area contributed by atoms with Gasteiger partial charge >= 0.3 is 6.18 Å². The lowest BCUT2D eigenvalue weighted by Crippen LogP contribution is -2.51. The van der Waals surface area contributed by atoms with E-state index in [0.29, 0.717) is 36.5 Å². The highest BCUT2D eigenvalue weighted by molar-refractivity contribution is 6.11. The molecule has 5 nitrogen and oxygen atoms in total. The van der Waals surface area contributed by atoms with Crippen molar-refractivity contribution in [3.05, 3.63) is 29.3 Å². The molecule has 1 aromatic rings. The number of alkyl halides is 3. The standard InChI is InChI=1S/C19H24F3N3O2/c1-12-5-4-6-14-16(12)18(7-9-23-10-8-18)17(27)25(14)11-15(26)24(3)13(2)19(20,21)22/h4-6,13,23H,7-11H2,1-3H3/t13-/m0/s1. The zero-order chi connectivity index (χ0) is 20.0. The van der Waals surface area contributed by atoms with E-state index in [0.717, 1.165) is 25.1 Å². The van der Waals surface area contributed by atoms with Gasteiger partial charge in [-0.2, -0.15) is 13.2 Å². The minimum absolute atomic E-state index is 0.185. The first-order valence-corrected chi connectivity index (χ1v) is 9.05. The molecule has 0 aliphatic carbocycles. The van der Waals surface area contributed by atoms with Crippen LogP contribution in [0.5, 0.6) is 0 Å². The molecule has 1 aromatic carbocycles.